The molecule has 0 radical (unpaired) electrons. The molecule has 2 fully saturated rings. The van der Waals surface area contributed by atoms with Crippen molar-refractivity contribution < 1.29 is 19.4 Å². The quantitative estimate of drug-likeness (QED) is 0.687. The molecule has 27 heavy (non-hydrogen) atoms. The van der Waals surface area contributed by atoms with Crippen molar-refractivity contribution in [1.82, 2.24) is 9.88 Å². The van der Waals surface area contributed by atoms with Crippen molar-refractivity contribution in [2.24, 2.45) is 5.92 Å². The topological polar surface area (TPSA) is 91.8 Å². The first kappa shape index (κ1) is 20.4. The molecule has 0 atom stereocenters. The smallest absolute Gasteiger partial charge is 0.324 e. The van der Waals surface area contributed by atoms with Crippen molar-refractivity contribution in [3.8, 4) is 0 Å². The lowest BCUT2D eigenvalue weighted by molar-refractivity contribution is -0.133. The van der Waals surface area contributed by atoms with Crippen LogP contribution < -0.4 is 5.32 Å². The molecule has 2 N–H and O–H groups in total. The van der Waals surface area contributed by atoms with Crippen LogP contribution in [0, 0.1) is 5.92 Å². The van der Waals surface area contributed by atoms with Gasteiger partial charge in [-0.1, -0.05) is 18.3 Å². The summed E-state index contributed by atoms with van der Waals surface area (Å²) in [5.74, 6) is -0.144. The van der Waals surface area contributed by atoms with Crippen LogP contribution in [0.25, 0.3) is 0 Å². The van der Waals surface area contributed by atoms with Gasteiger partial charge in [-0.15, -0.1) is 11.8 Å². The number of nitrogens with zero attached hydrogens (tertiary/aromatic N) is 2. The molecule has 1 saturated carbocycles. The molecule has 2 aliphatic rings. The average Bonchev–Trinajstić information content (AvgIpc) is 3.10. The first-order valence-corrected chi connectivity index (χ1v) is 11.3. The fourth-order valence-corrected chi connectivity index (χ4v) is 5.37. The molecule has 0 unspecified atom stereocenters. The summed E-state index contributed by atoms with van der Waals surface area (Å²) in [5.41, 5.74) is 0. The highest BCUT2D eigenvalue weighted by molar-refractivity contribution is 8.01. The van der Waals surface area contributed by atoms with Gasteiger partial charge in [0.1, 0.15) is 0 Å². The molecular weight excluding hydrogens is 386 g/mol. The van der Waals surface area contributed by atoms with Gasteiger partial charge >= 0.3 is 12.0 Å². The van der Waals surface area contributed by atoms with Crippen LogP contribution in [-0.4, -0.2) is 58.0 Å². The fourth-order valence-electron chi connectivity index (χ4n) is 3.79. The van der Waals surface area contributed by atoms with Gasteiger partial charge < -0.3 is 14.7 Å². The van der Waals surface area contributed by atoms with Gasteiger partial charge in [0.25, 0.3) is 0 Å². The summed E-state index contributed by atoms with van der Waals surface area (Å²) in [5, 5.41) is 12.3. The average molecular weight is 414 g/mol. The fraction of sp³-hybridized carbons (Fsp3) is 0.722. The van der Waals surface area contributed by atoms with Crippen molar-refractivity contribution in [3.05, 3.63) is 6.20 Å². The SMILES string of the molecule is CC1CCC(N(C(=O)Nc2ncc(SCC(=O)O)s2)C2CCOCC2)CC1. The maximum Gasteiger partial charge on any atom is 0.324 e. The van der Waals surface area contributed by atoms with E-state index >= 15 is 0 Å². The molecule has 1 aliphatic heterocycles. The van der Waals surface area contributed by atoms with Crippen LogP contribution in [0.1, 0.15) is 45.4 Å². The largest absolute Gasteiger partial charge is 0.481 e. The Morgan fingerprint density at radius 2 is 1.93 bits per heavy atom. The van der Waals surface area contributed by atoms with Crippen molar-refractivity contribution in [3.63, 3.8) is 0 Å². The van der Waals surface area contributed by atoms with E-state index in [0.29, 0.717) is 18.3 Å². The molecular formula is C18H27N3O4S2. The molecule has 0 bridgehead atoms. The number of thioether (sulfide) groups is 1. The van der Waals surface area contributed by atoms with Gasteiger partial charge in [0, 0.05) is 25.3 Å². The summed E-state index contributed by atoms with van der Waals surface area (Å²) in [4.78, 5) is 30.1. The van der Waals surface area contributed by atoms with E-state index in [0.717, 1.165) is 48.7 Å². The first-order chi connectivity index (χ1) is 13.0. The van der Waals surface area contributed by atoms with E-state index in [2.05, 4.69) is 17.2 Å². The minimum absolute atomic E-state index is 0.00988. The number of carboxylic acid groups (broad SMARTS) is 1. The standard InChI is InChI=1S/C18H27N3O4S2/c1-12-2-4-13(5-3-12)21(14-6-8-25-9-7-14)18(24)20-17-19-10-16(27-17)26-11-15(22)23/h10,12-14H,2-9,11H2,1H3,(H,22,23)(H,19,20,24). The third-order valence-corrected chi connectivity index (χ3v) is 7.33. The number of amides is 2. The van der Waals surface area contributed by atoms with Crippen LogP contribution in [0.3, 0.4) is 0 Å². The van der Waals surface area contributed by atoms with E-state index in [4.69, 9.17) is 9.84 Å². The van der Waals surface area contributed by atoms with Crippen LogP contribution >= 0.6 is 23.1 Å². The van der Waals surface area contributed by atoms with Gasteiger partial charge in [0.05, 0.1) is 16.2 Å². The molecule has 1 aliphatic carbocycles. The second-order valence-corrected chi connectivity index (χ2v) is 9.57. The number of carbonyl (C=O) groups is 2. The van der Waals surface area contributed by atoms with E-state index in [-0.39, 0.29) is 23.9 Å². The lowest BCUT2D eigenvalue weighted by Crippen LogP contribution is -2.52. The number of nitrogens with one attached hydrogen (secondary N) is 1. The van der Waals surface area contributed by atoms with Gasteiger partial charge in [-0.2, -0.15) is 0 Å². The molecule has 150 valence electrons. The Bertz CT molecular complexity index is 640. The zero-order chi connectivity index (χ0) is 19.2. The maximum absolute atomic E-state index is 13.1. The molecule has 9 heteroatoms. The first-order valence-electron chi connectivity index (χ1n) is 9.50. The number of carboxylic acids is 1. The van der Waals surface area contributed by atoms with Crippen LogP contribution in [0.2, 0.25) is 0 Å². The number of anilines is 1. The number of ether oxygens (including phenoxy) is 1. The maximum atomic E-state index is 13.1. The van der Waals surface area contributed by atoms with Gasteiger partial charge in [-0.05, 0) is 44.4 Å². The van der Waals surface area contributed by atoms with Crippen LogP contribution in [-0.2, 0) is 9.53 Å². The van der Waals surface area contributed by atoms with Crippen molar-refractivity contribution in [2.45, 2.75) is 61.7 Å². The van der Waals surface area contributed by atoms with Gasteiger partial charge in [-0.3, -0.25) is 10.1 Å². The Morgan fingerprint density at radius 1 is 1.26 bits per heavy atom. The van der Waals surface area contributed by atoms with Crippen molar-refractivity contribution >= 4 is 40.2 Å². The number of urea groups is 1. The molecule has 0 spiro atoms. The predicted molar refractivity (Wildman–Crippen MR) is 107 cm³/mol. The number of aliphatic carboxylic acids is 1. The van der Waals surface area contributed by atoms with Gasteiger partial charge in [0.15, 0.2) is 5.13 Å². The van der Waals surface area contributed by atoms with Crippen molar-refractivity contribution in [2.75, 3.05) is 24.3 Å². The molecule has 0 aromatic carbocycles. The summed E-state index contributed by atoms with van der Waals surface area (Å²) in [6.07, 6.45) is 7.77. The van der Waals surface area contributed by atoms with Crippen LogP contribution in [0.5, 0.6) is 0 Å². The highest BCUT2D eigenvalue weighted by Crippen LogP contribution is 2.32. The van der Waals surface area contributed by atoms with Crippen LogP contribution in [0.4, 0.5) is 9.93 Å². The minimum Gasteiger partial charge on any atom is -0.481 e. The second-order valence-electron chi connectivity index (χ2n) is 7.26. The van der Waals surface area contributed by atoms with Gasteiger partial charge in [-0.25, -0.2) is 9.78 Å². The number of thiazole rings is 1. The monoisotopic (exact) mass is 413 g/mol. The molecule has 1 aromatic rings. The summed E-state index contributed by atoms with van der Waals surface area (Å²) >= 11 is 2.54. The second kappa shape index (κ2) is 9.75. The summed E-state index contributed by atoms with van der Waals surface area (Å²) in [6.45, 7) is 3.68. The lowest BCUT2D eigenvalue weighted by Gasteiger charge is -2.42. The molecule has 1 saturated heterocycles. The van der Waals surface area contributed by atoms with E-state index < -0.39 is 5.97 Å². The summed E-state index contributed by atoms with van der Waals surface area (Å²) in [7, 11) is 0. The number of carbonyl (C=O) groups excluding carboxylic acids is 1. The Morgan fingerprint density at radius 3 is 2.59 bits per heavy atom. The molecule has 2 amide bonds. The molecule has 1 aromatic heterocycles. The Kier molecular flexibility index (Phi) is 7.37. The number of hydrogen-bond acceptors (Lipinski definition) is 6. The predicted octanol–water partition coefficient (Wildman–Crippen LogP) is 3.91. The minimum atomic E-state index is -0.865. The van der Waals surface area contributed by atoms with Crippen molar-refractivity contribution in [1.29, 1.82) is 0 Å². The third kappa shape index (κ3) is 5.83. The zero-order valence-corrected chi connectivity index (χ0v) is 17.2. The third-order valence-electron chi connectivity index (χ3n) is 5.23. The van der Waals surface area contributed by atoms with Crippen LogP contribution in [0.15, 0.2) is 10.4 Å². The van der Waals surface area contributed by atoms with E-state index in [1.165, 1.54) is 23.1 Å². The highest BCUT2D eigenvalue weighted by atomic mass is 32.2. The molecule has 3 rings (SSSR count). The summed E-state index contributed by atoms with van der Waals surface area (Å²) < 4.78 is 6.27. The Labute approximate surface area is 167 Å². The number of aromatic nitrogens is 1. The normalized spacial score (nSPS) is 23.7. The molecule has 2 heterocycles. The van der Waals surface area contributed by atoms with Gasteiger partial charge in [0.2, 0.25) is 0 Å². The number of rotatable bonds is 6. The zero-order valence-electron chi connectivity index (χ0n) is 15.6. The number of hydrogen-bond donors (Lipinski definition) is 2. The highest BCUT2D eigenvalue weighted by Gasteiger charge is 2.34. The summed E-state index contributed by atoms with van der Waals surface area (Å²) in [6, 6.07) is 0.383. The lowest BCUT2D eigenvalue weighted by atomic mass is 9.85. The van der Waals surface area contributed by atoms with E-state index in [1.54, 1.807) is 6.20 Å². The van der Waals surface area contributed by atoms with E-state index in [1.807, 2.05) is 4.90 Å². The van der Waals surface area contributed by atoms with E-state index in [9.17, 15) is 9.59 Å². The Hall–Kier alpha value is -1.32. The molecule has 7 nitrogen and oxygen atoms in total. The Balaban J connectivity index is 1.66.